The van der Waals surface area contributed by atoms with Crippen LogP contribution in [0.3, 0.4) is 0 Å². The Bertz CT molecular complexity index is 685. The lowest BCUT2D eigenvalue weighted by Gasteiger charge is -2.34. The van der Waals surface area contributed by atoms with Crippen LogP contribution in [0.2, 0.25) is 0 Å². The normalized spacial score (nSPS) is 14.8. The maximum Gasteiger partial charge on any atom is 0.255 e. The SMILES string of the molecule is Cn1ccc(C(=O)N2CCN(C(=O)Cc3ccccc3)CC2)c1. The largest absolute Gasteiger partial charge is 0.356 e. The van der Waals surface area contributed by atoms with Gasteiger partial charge in [0.15, 0.2) is 0 Å². The summed E-state index contributed by atoms with van der Waals surface area (Å²) in [5.41, 5.74) is 1.73. The number of piperazine rings is 1. The Labute approximate surface area is 136 Å². The van der Waals surface area contributed by atoms with Crippen molar-refractivity contribution in [2.75, 3.05) is 26.2 Å². The third-order valence-corrected chi connectivity index (χ3v) is 4.20. The first kappa shape index (κ1) is 15.3. The number of aromatic nitrogens is 1. The number of hydrogen-bond donors (Lipinski definition) is 0. The van der Waals surface area contributed by atoms with Gasteiger partial charge in [0.2, 0.25) is 5.91 Å². The topological polar surface area (TPSA) is 45.6 Å². The molecule has 2 amide bonds. The molecule has 0 unspecified atom stereocenters. The lowest BCUT2D eigenvalue weighted by atomic mass is 10.1. The lowest BCUT2D eigenvalue weighted by Crippen LogP contribution is -2.50. The van der Waals surface area contributed by atoms with Crippen LogP contribution in [0.25, 0.3) is 0 Å². The van der Waals surface area contributed by atoms with Crippen molar-refractivity contribution in [2.45, 2.75) is 6.42 Å². The molecule has 1 fully saturated rings. The van der Waals surface area contributed by atoms with Gasteiger partial charge in [-0.15, -0.1) is 0 Å². The third-order valence-electron chi connectivity index (χ3n) is 4.20. The second-order valence-electron chi connectivity index (χ2n) is 5.90. The van der Waals surface area contributed by atoms with Crippen LogP contribution in [-0.4, -0.2) is 52.4 Å². The highest BCUT2D eigenvalue weighted by Crippen LogP contribution is 2.11. The van der Waals surface area contributed by atoms with Gasteiger partial charge in [0.05, 0.1) is 12.0 Å². The molecule has 120 valence electrons. The molecule has 0 N–H and O–H groups in total. The number of benzene rings is 1. The second-order valence-corrected chi connectivity index (χ2v) is 5.90. The van der Waals surface area contributed by atoms with E-state index in [2.05, 4.69) is 0 Å². The molecule has 1 aliphatic heterocycles. The molecule has 2 aromatic rings. The van der Waals surface area contributed by atoms with Crippen molar-refractivity contribution < 1.29 is 9.59 Å². The third kappa shape index (κ3) is 3.62. The van der Waals surface area contributed by atoms with Gasteiger partial charge >= 0.3 is 0 Å². The molecule has 0 spiro atoms. The molecule has 0 saturated carbocycles. The van der Waals surface area contributed by atoms with E-state index in [1.54, 1.807) is 0 Å². The van der Waals surface area contributed by atoms with Gasteiger partial charge in [0.25, 0.3) is 5.91 Å². The number of carbonyl (C=O) groups excluding carboxylic acids is 2. The Morgan fingerprint density at radius 1 is 0.957 bits per heavy atom. The van der Waals surface area contributed by atoms with Crippen LogP contribution in [0.4, 0.5) is 0 Å². The summed E-state index contributed by atoms with van der Waals surface area (Å²) in [5.74, 6) is 0.170. The highest BCUT2D eigenvalue weighted by atomic mass is 16.2. The Kier molecular flexibility index (Phi) is 4.46. The highest BCUT2D eigenvalue weighted by molar-refractivity contribution is 5.94. The molecule has 5 nitrogen and oxygen atoms in total. The molecule has 2 heterocycles. The van der Waals surface area contributed by atoms with E-state index in [1.165, 1.54) is 0 Å². The Hall–Kier alpha value is -2.56. The number of nitrogens with zero attached hydrogens (tertiary/aromatic N) is 3. The van der Waals surface area contributed by atoms with Crippen molar-refractivity contribution in [1.29, 1.82) is 0 Å². The van der Waals surface area contributed by atoms with Gasteiger partial charge in [-0.2, -0.15) is 0 Å². The summed E-state index contributed by atoms with van der Waals surface area (Å²) < 4.78 is 1.87. The summed E-state index contributed by atoms with van der Waals surface area (Å²) in [6, 6.07) is 11.6. The van der Waals surface area contributed by atoms with Gasteiger partial charge in [-0.1, -0.05) is 30.3 Å². The van der Waals surface area contributed by atoms with Crippen LogP contribution in [0.5, 0.6) is 0 Å². The minimum atomic E-state index is 0.0424. The van der Waals surface area contributed by atoms with E-state index in [-0.39, 0.29) is 11.8 Å². The van der Waals surface area contributed by atoms with Gasteiger partial charge in [0.1, 0.15) is 0 Å². The molecule has 3 rings (SSSR count). The van der Waals surface area contributed by atoms with E-state index in [4.69, 9.17) is 0 Å². The number of rotatable bonds is 3. The molecule has 0 aliphatic carbocycles. The van der Waals surface area contributed by atoms with E-state index < -0.39 is 0 Å². The number of amides is 2. The number of carbonyl (C=O) groups is 2. The van der Waals surface area contributed by atoms with E-state index in [0.29, 0.717) is 38.2 Å². The Morgan fingerprint density at radius 3 is 2.22 bits per heavy atom. The first-order valence-corrected chi connectivity index (χ1v) is 7.86. The van der Waals surface area contributed by atoms with E-state index in [9.17, 15) is 9.59 Å². The summed E-state index contributed by atoms with van der Waals surface area (Å²) in [5, 5.41) is 0. The van der Waals surface area contributed by atoms with Gasteiger partial charge in [-0.3, -0.25) is 9.59 Å². The standard InChI is InChI=1S/C18H21N3O2/c1-19-8-7-16(14-19)18(23)21-11-9-20(10-12-21)17(22)13-15-5-3-2-4-6-15/h2-8,14H,9-13H2,1H3. The number of hydrogen-bond acceptors (Lipinski definition) is 2. The van der Waals surface area contributed by atoms with Crippen molar-refractivity contribution in [2.24, 2.45) is 7.05 Å². The average Bonchev–Trinajstić information content (AvgIpc) is 3.02. The zero-order chi connectivity index (χ0) is 16.2. The molecular weight excluding hydrogens is 290 g/mol. The first-order valence-electron chi connectivity index (χ1n) is 7.86. The molecule has 1 aromatic heterocycles. The van der Waals surface area contributed by atoms with Gasteiger partial charge in [-0.25, -0.2) is 0 Å². The summed E-state index contributed by atoms with van der Waals surface area (Å²) in [4.78, 5) is 28.4. The van der Waals surface area contributed by atoms with Crippen LogP contribution in [0.1, 0.15) is 15.9 Å². The van der Waals surface area contributed by atoms with Crippen molar-refractivity contribution in [3.8, 4) is 0 Å². The minimum absolute atomic E-state index is 0.0424. The molecule has 23 heavy (non-hydrogen) atoms. The van der Waals surface area contributed by atoms with Gasteiger partial charge < -0.3 is 14.4 Å². The smallest absolute Gasteiger partial charge is 0.255 e. The fraction of sp³-hybridized carbons (Fsp3) is 0.333. The summed E-state index contributed by atoms with van der Waals surface area (Å²) in [7, 11) is 1.90. The summed E-state index contributed by atoms with van der Waals surface area (Å²) in [6.45, 7) is 2.39. The molecule has 1 saturated heterocycles. The quantitative estimate of drug-likeness (QED) is 0.863. The zero-order valence-corrected chi connectivity index (χ0v) is 13.3. The predicted molar refractivity (Wildman–Crippen MR) is 88.0 cm³/mol. The summed E-state index contributed by atoms with van der Waals surface area (Å²) in [6.07, 6.45) is 4.12. The molecule has 5 heteroatoms. The van der Waals surface area contributed by atoms with E-state index in [1.807, 2.05) is 70.2 Å². The van der Waals surface area contributed by atoms with Gasteiger partial charge in [-0.05, 0) is 11.6 Å². The first-order chi connectivity index (χ1) is 11.1. The average molecular weight is 311 g/mol. The predicted octanol–water partition coefficient (Wildman–Crippen LogP) is 1.55. The molecule has 0 bridgehead atoms. The minimum Gasteiger partial charge on any atom is -0.356 e. The maximum absolute atomic E-state index is 12.4. The van der Waals surface area contributed by atoms with Crippen LogP contribution in [0, 0.1) is 0 Å². The lowest BCUT2D eigenvalue weighted by molar-refractivity contribution is -0.131. The fourth-order valence-electron chi connectivity index (χ4n) is 2.85. The Balaban J connectivity index is 1.54. The highest BCUT2D eigenvalue weighted by Gasteiger charge is 2.25. The van der Waals surface area contributed by atoms with E-state index in [0.717, 1.165) is 5.56 Å². The van der Waals surface area contributed by atoms with Crippen LogP contribution in [-0.2, 0) is 18.3 Å². The molecule has 0 atom stereocenters. The molecule has 0 radical (unpaired) electrons. The van der Waals surface area contributed by atoms with Gasteiger partial charge in [0, 0.05) is 45.6 Å². The van der Waals surface area contributed by atoms with Crippen molar-refractivity contribution >= 4 is 11.8 Å². The number of aryl methyl sites for hydroxylation is 1. The van der Waals surface area contributed by atoms with Crippen molar-refractivity contribution in [3.05, 3.63) is 59.9 Å². The van der Waals surface area contributed by atoms with Crippen LogP contribution >= 0.6 is 0 Å². The maximum atomic E-state index is 12.4. The Morgan fingerprint density at radius 2 is 1.61 bits per heavy atom. The molecule has 1 aromatic carbocycles. The van der Waals surface area contributed by atoms with Crippen molar-refractivity contribution in [3.63, 3.8) is 0 Å². The second kappa shape index (κ2) is 6.69. The zero-order valence-electron chi connectivity index (χ0n) is 13.3. The van der Waals surface area contributed by atoms with Crippen LogP contribution < -0.4 is 0 Å². The monoisotopic (exact) mass is 311 g/mol. The van der Waals surface area contributed by atoms with Crippen molar-refractivity contribution in [1.82, 2.24) is 14.4 Å². The molecule has 1 aliphatic rings. The fourth-order valence-corrected chi connectivity index (χ4v) is 2.85. The van der Waals surface area contributed by atoms with E-state index >= 15 is 0 Å². The summed E-state index contributed by atoms with van der Waals surface area (Å²) >= 11 is 0. The van der Waals surface area contributed by atoms with Crippen LogP contribution in [0.15, 0.2) is 48.8 Å². The molecular formula is C18H21N3O2.